The van der Waals surface area contributed by atoms with Crippen molar-refractivity contribution >= 4 is 17.7 Å². The fraction of sp³-hybridized carbons (Fsp3) is 0.286. The summed E-state index contributed by atoms with van der Waals surface area (Å²) in [5, 5.41) is 0. The molecule has 2 aromatic carbocycles. The minimum atomic E-state index is -1.01. The van der Waals surface area contributed by atoms with Crippen LogP contribution >= 0.6 is 0 Å². The summed E-state index contributed by atoms with van der Waals surface area (Å²) in [5.41, 5.74) is 2.93. The second kappa shape index (κ2) is 6.75. The van der Waals surface area contributed by atoms with Gasteiger partial charge in [0.1, 0.15) is 11.7 Å². The summed E-state index contributed by atoms with van der Waals surface area (Å²) < 4.78 is 9.83. The van der Waals surface area contributed by atoms with E-state index in [1.165, 1.54) is 7.11 Å². The van der Waals surface area contributed by atoms with E-state index in [9.17, 15) is 14.4 Å². The third kappa shape index (κ3) is 2.90. The number of ether oxygens (including phenoxy) is 2. The molecule has 134 valence electrons. The maximum atomic E-state index is 13.0. The average molecular weight is 352 g/mol. The van der Waals surface area contributed by atoms with Gasteiger partial charge in [0, 0.05) is 16.7 Å². The molecule has 0 fully saturated rings. The van der Waals surface area contributed by atoms with E-state index in [-0.39, 0.29) is 23.2 Å². The van der Waals surface area contributed by atoms with Gasteiger partial charge in [-0.15, -0.1) is 0 Å². The number of carbonyl (C=O) groups is 3. The number of Topliss-reactive ketones (excluding diaryl/α,β-unsaturated/α-hetero) is 2. The summed E-state index contributed by atoms with van der Waals surface area (Å²) in [4.78, 5) is 37.5. The molecule has 0 saturated heterocycles. The number of aryl methyl sites for hydroxylation is 1. The highest BCUT2D eigenvalue weighted by Crippen LogP contribution is 2.40. The zero-order valence-electron chi connectivity index (χ0n) is 15.2. The standard InChI is InChI=1S/C21H20O5/c1-11(2)13-8-9-14(16(10-13)26-21(24)25-4)18-19(22)15-7-5-6-12(3)17(15)20(18)23/h5-11,18H,1-4H3. The van der Waals surface area contributed by atoms with Gasteiger partial charge in [-0.05, 0) is 30.0 Å². The number of benzene rings is 2. The fourth-order valence-corrected chi connectivity index (χ4v) is 3.27. The van der Waals surface area contributed by atoms with Crippen LogP contribution < -0.4 is 4.74 Å². The van der Waals surface area contributed by atoms with Gasteiger partial charge < -0.3 is 9.47 Å². The van der Waals surface area contributed by atoms with Gasteiger partial charge in [-0.2, -0.15) is 0 Å². The Balaban J connectivity index is 2.12. The average Bonchev–Trinajstić information content (AvgIpc) is 2.87. The molecule has 1 atom stereocenters. The molecular weight excluding hydrogens is 332 g/mol. The molecule has 2 aromatic rings. The minimum absolute atomic E-state index is 0.181. The lowest BCUT2D eigenvalue weighted by Crippen LogP contribution is -2.17. The number of ketones is 2. The predicted octanol–water partition coefficient (Wildman–Crippen LogP) is 4.43. The second-order valence-corrected chi connectivity index (χ2v) is 6.67. The van der Waals surface area contributed by atoms with Crippen molar-refractivity contribution in [2.75, 3.05) is 7.11 Å². The molecule has 5 nitrogen and oxygen atoms in total. The SMILES string of the molecule is COC(=O)Oc1cc(C(C)C)ccc1C1C(=O)c2cccc(C)c2C1=O. The number of methoxy groups -OCH3 is 1. The molecule has 0 heterocycles. The highest BCUT2D eigenvalue weighted by molar-refractivity contribution is 6.30. The van der Waals surface area contributed by atoms with E-state index in [4.69, 9.17) is 4.74 Å². The third-order valence-electron chi connectivity index (χ3n) is 4.68. The van der Waals surface area contributed by atoms with E-state index >= 15 is 0 Å². The summed E-state index contributed by atoms with van der Waals surface area (Å²) in [6.45, 7) is 5.81. The molecule has 0 bridgehead atoms. The first kappa shape index (κ1) is 17.9. The van der Waals surface area contributed by atoms with Crippen LogP contribution in [0.3, 0.4) is 0 Å². The highest BCUT2D eigenvalue weighted by atomic mass is 16.7. The number of hydrogen-bond acceptors (Lipinski definition) is 5. The predicted molar refractivity (Wildman–Crippen MR) is 96.1 cm³/mol. The maximum Gasteiger partial charge on any atom is 0.513 e. The fourth-order valence-electron chi connectivity index (χ4n) is 3.27. The Morgan fingerprint density at radius 1 is 1.08 bits per heavy atom. The van der Waals surface area contributed by atoms with Gasteiger partial charge in [-0.25, -0.2) is 4.79 Å². The van der Waals surface area contributed by atoms with Gasteiger partial charge in [0.2, 0.25) is 0 Å². The smallest absolute Gasteiger partial charge is 0.437 e. The molecule has 26 heavy (non-hydrogen) atoms. The van der Waals surface area contributed by atoms with Gasteiger partial charge in [0.15, 0.2) is 11.6 Å². The summed E-state index contributed by atoms with van der Waals surface area (Å²) in [5.74, 6) is -1.18. The van der Waals surface area contributed by atoms with Crippen LogP contribution in [0.25, 0.3) is 0 Å². The topological polar surface area (TPSA) is 69.7 Å². The van der Waals surface area contributed by atoms with E-state index in [1.54, 1.807) is 37.3 Å². The van der Waals surface area contributed by atoms with Crippen molar-refractivity contribution in [3.05, 3.63) is 64.2 Å². The molecule has 0 spiro atoms. The lowest BCUT2D eigenvalue weighted by molar-refractivity contribution is 0.0883. The third-order valence-corrected chi connectivity index (χ3v) is 4.68. The van der Waals surface area contributed by atoms with Gasteiger partial charge in [0.25, 0.3) is 0 Å². The maximum absolute atomic E-state index is 13.0. The summed E-state index contributed by atoms with van der Waals surface area (Å²) in [6.07, 6.45) is -0.890. The Morgan fingerprint density at radius 2 is 1.81 bits per heavy atom. The Kier molecular flexibility index (Phi) is 4.64. The number of hydrogen-bond donors (Lipinski definition) is 0. The van der Waals surface area contributed by atoms with Crippen LogP contribution in [0.1, 0.15) is 63.1 Å². The zero-order chi connectivity index (χ0) is 19.0. The molecule has 1 unspecified atom stereocenters. The Labute approximate surface area is 151 Å². The molecule has 0 aliphatic heterocycles. The highest BCUT2D eigenvalue weighted by Gasteiger charge is 2.42. The van der Waals surface area contributed by atoms with Gasteiger partial charge in [0.05, 0.1) is 7.11 Å². The number of rotatable bonds is 3. The number of fused-ring (bicyclic) bond motifs is 1. The molecule has 3 rings (SSSR count). The van der Waals surface area contributed by atoms with Crippen molar-refractivity contribution in [1.82, 2.24) is 0 Å². The molecule has 1 aliphatic carbocycles. The second-order valence-electron chi connectivity index (χ2n) is 6.67. The summed E-state index contributed by atoms with van der Waals surface area (Å²) in [6, 6.07) is 10.4. The first-order chi connectivity index (χ1) is 12.3. The van der Waals surface area contributed by atoms with Crippen molar-refractivity contribution in [1.29, 1.82) is 0 Å². The van der Waals surface area contributed by atoms with Gasteiger partial charge in [-0.3, -0.25) is 9.59 Å². The monoisotopic (exact) mass is 352 g/mol. The molecule has 0 radical (unpaired) electrons. The van der Waals surface area contributed by atoms with E-state index in [0.29, 0.717) is 16.7 Å². The summed E-state index contributed by atoms with van der Waals surface area (Å²) >= 11 is 0. The minimum Gasteiger partial charge on any atom is -0.437 e. The van der Waals surface area contributed by atoms with Crippen molar-refractivity contribution in [2.45, 2.75) is 32.6 Å². The molecule has 0 saturated carbocycles. The van der Waals surface area contributed by atoms with E-state index in [0.717, 1.165) is 11.1 Å². The van der Waals surface area contributed by atoms with Crippen LogP contribution in [-0.2, 0) is 4.74 Å². The van der Waals surface area contributed by atoms with Crippen molar-refractivity contribution in [3.63, 3.8) is 0 Å². The molecule has 0 N–H and O–H groups in total. The first-order valence-electron chi connectivity index (χ1n) is 8.42. The Morgan fingerprint density at radius 3 is 2.42 bits per heavy atom. The zero-order valence-corrected chi connectivity index (χ0v) is 15.2. The van der Waals surface area contributed by atoms with Crippen LogP contribution in [0.5, 0.6) is 5.75 Å². The van der Waals surface area contributed by atoms with Crippen molar-refractivity contribution in [3.8, 4) is 5.75 Å². The Bertz CT molecular complexity index is 911. The van der Waals surface area contributed by atoms with E-state index in [1.807, 2.05) is 19.9 Å². The molecule has 5 heteroatoms. The summed E-state index contributed by atoms with van der Waals surface area (Å²) in [7, 11) is 1.21. The molecule has 0 amide bonds. The van der Waals surface area contributed by atoms with Crippen molar-refractivity contribution < 1.29 is 23.9 Å². The molecule has 0 aromatic heterocycles. The lowest BCUT2D eigenvalue weighted by atomic mass is 9.90. The van der Waals surface area contributed by atoms with Crippen molar-refractivity contribution in [2.24, 2.45) is 0 Å². The normalized spacial score (nSPS) is 16.0. The lowest BCUT2D eigenvalue weighted by Gasteiger charge is -2.16. The van der Waals surface area contributed by atoms with E-state index < -0.39 is 12.1 Å². The molecule has 1 aliphatic rings. The van der Waals surface area contributed by atoms with Crippen LogP contribution in [0.2, 0.25) is 0 Å². The van der Waals surface area contributed by atoms with E-state index in [2.05, 4.69) is 4.74 Å². The van der Waals surface area contributed by atoms with Crippen LogP contribution in [-0.4, -0.2) is 24.8 Å². The molecular formula is C21H20O5. The van der Waals surface area contributed by atoms with Gasteiger partial charge >= 0.3 is 6.16 Å². The quantitative estimate of drug-likeness (QED) is 0.464. The van der Waals surface area contributed by atoms with Crippen LogP contribution in [0.15, 0.2) is 36.4 Å². The van der Waals surface area contributed by atoms with Crippen LogP contribution in [0, 0.1) is 6.92 Å². The number of carbonyl (C=O) groups excluding carboxylic acids is 3. The first-order valence-corrected chi connectivity index (χ1v) is 8.42. The largest absolute Gasteiger partial charge is 0.513 e. The van der Waals surface area contributed by atoms with Crippen LogP contribution in [0.4, 0.5) is 4.79 Å². The van der Waals surface area contributed by atoms with Gasteiger partial charge in [-0.1, -0.05) is 44.2 Å². The Hall–Kier alpha value is -2.95.